The predicted molar refractivity (Wildman–Crippen MR) is 147 cm³/mol. The SMILES string of the molecule is N#Cc1ccc(COc2cccc(-c3ccc(Cc4nc5sc(C(=O)O)cc5n4C[C@@H]4CCO4)cc3)n2)c(F)c1. The zero-order valence-corrected chi connectivity index (χ0v) is 22.0. The summed E-state index contributed by atoms with van der Waals surface area (Å²) in [4.78, 5) is 21.8. The number of benzene rings is 2. The summed E-state index contributed by atoms with van der Waals surface area (Å²) in [5.41, 5.74) is 4.10. The molecule has 1 aliphatic rings. The Hall–Kier alpha value is -4.59. The number of nitriles is 1. The lowest BCUT2D eigenvalue weighted by Crippen LogP contribution is -2.31. The second-order valence-corrected chi connectivity index (χ2v) is 10.5. The first-order valence-corrected chi connectivity index (χ1v) is 13.5. The van der Waals surface area contributed by atoms with E-state index in [1.165, 1.54) is 23.5 Å². The van der Waals surface area contributed by atoms with Gasteiger partial charge in [-0.25, -0.2) is 19.2 Å². The molecule has 6 rings (SSSR count). The second-order valence-electron chi connectivity index (χ2n) is 9.47. The molecule has 0 radical (unpaired) electrons. The Labute approximate surface area is 232 Å². The molecule has 0 spiro atoms. The molecule has 1 saturated heterocycles. The van der Waals surface area contributed by atoms with E-state index < -0.39 is 11.8 Å². The van der Waals surface area contributed by atoms with Gasteiger partial charge in [0.15, 0.2) is 0 Å². The Bertz CT molecular complexity index is 1750. The van der Waals surface area contributed by atoms with Crippen molar-refractivity contribution in [2.75, 3.05) is 6.61 Å². The van der Waals surface area contributed by atoms with Gasteiger partial charge in [-0.2, -0.15) is 5.26 Å². The number of carboxylic acids is 1. The topological polar surface area (TPSA) is 110 Å². The van der Waals surface area contributed by atoms with Crippen LogP contribution in [0.1, 0.15) is 38.6 Å². The van der Waals surface area contributed by atoms with Gasteiger partial charge in [-0.1, -0.05) is 36.4 Å². The van der Waals surface area contributed by atoms with Crippen molar-refractivity contribution in [2.24, 2.45) is 0 Å². The standard InChI is InChI=1S/C30H23FN4O4S/c31-23-12-19(15-32)6-9-21(23)17-39-28-3-1-2-24(33-28)20-7-4-18(5-8-20)13-27-34-29-25(14-26(40-29)30(36)37)35(27)16-22-10-11-38-22/h1-9,12,14,22H,10-11,13,16-17H2,(H,36,37)/t22-/m0/s1. The first kappa shape index (κ1) is 25.7. The maximum Gasteiger partial charge on any atom is 0.346 e. The molecule has 0 aliphatic carbocycles. The highest BCUT2D eigenvalue weighted by Gasteiger charge is 2.24. The van der Waals surface area contributed by atoms with E-state index in [0.717, 1.165) is 41.2 Å². The zero-order valence-electron chi connectivity index (χ0n) is 21.2. The van der Waals surface area contributed by atoms with Crippen LogP contribution in [-0.2, 0) is 24.3 Å². The number of hydrogen-bond acceptors (Lipinski definition) is 7. The summed E-state index contributed by atoms with van der Waals surface area (Å²) in [5, 5.41) is 18.3. The maximum atomic E-state index is 14.2. The molecule has 4 heterocycles. The summed E-state index contributed by atoms with van der Waals surface area (Å²) in [5.74, 6) is -0.207. The summed E-state index contributed by atoms with van der Waals surface area (Å²) >= 11 is 1.18. The average molecular weight is 555 g/mol. The van der Waals surface area contributed by atoms with Crippen LogP contribution in [0.15, 0.2) is 66.7 Å². The molecule has 3 aromatic heterocycles. The van der Waals surface area contributed by atoms with Crippen LogP contribution in [0.2, 0.25) is 0 Å². The van der Waals surface area contributed by atoms with E-state index in [0.29, 0.717) is 29.2 Å². The second kappa shape index (κ2) is 10.9. The summed E-state index contributed by atoms with van der Waals surface area (Å²) in [6, 6.07) is 21.3. The number of aromatic carboxylic acids is 1. The molecule has 1 N–H and O–H groups in total. The monoisotopic (exact) mass is 554 g/mol. The van der Waals surface area contributed by atoms with Crippen molar-refractivity contribution in [2.45, 2.75) is 32.1 Å². The minimum Gasteiger partial charge on any atom is -0.477 e. The van der Waals surface area contributed by atoms with E-state index in [-0.39, 0.29) is 23.2 Å². The van der Waals surface area contributed by atoms with Crippen LogP contribution in [0.4, 0.5) is 4.39 Å². The number of carboxylic acid groups (broad SMARTS) is 1. The smallest absolute Gasteiger partial charge is 0.346 e. The van der Waals surface area contributed by atoms with Gasteiger partial charge >= 0.3 is 5.97 Å². The van der Waals surface area contributed by atoms with Gasteiger partial charge in [-0.05, 0) is 36.2 Å². The molecule has 1 atom stereocenters. The lowest BCUT2D eigenvalue weighted by Gasteiger charge is -2.27. The van der Waals surface area contributed by atoms with Gasteiger partial charge in [-0.3, -0.25) is 0 Å². The van der Waals surface area contributed by atoms with Crippen molar-refractivity contribution in [3.8, 4) is 23.2 Å². The van der Waals surface area contributed by atoms with Crippen molar-refractivity contribution in [1.82, 2.24) is 14.5 Å². The number of aromatic nitrogens is 3. The van der Waals surface area contributed by atoms with Gasteiger partial charge in [-0.15, -0.1) is 11.3 Å². The van der Waals surface area contributed by atoms with Crippen LogP contribution in [0.25, 0.3) is 21.6 Å². The third kappa shape index (κ3) is 5.30. The number of rotatable bonds is 9. The molecule has 10 heteroatoms. The fraction of sp³-hybridized carbons (Fsp3) is 0.200. The average Bonchev–Trinajstić information content (AvgIpc) is 3.49. The van der Waals surface area contributed by atoms with E-state index in [1.54, 1.807) is 18.2 Å². The number of imidazole rings is 1. The minimum absolute atomic E-state index is 0.00309. The molecular formula is C30H23FN4O4S. The number of fused-ring (bicyclic) bond motifs is 1. The molecule has 40 heavy (non-hydrogen) atoms. The fourth-order valence-electron chi connectivity index (χ4n) is 4.56. The Morgan fingerprint density at radius 1 is 1.18 bits per heavy atom. The van der Waals surface area contributed by atoms with Crippen molar-refractivity contribution in [3.05, 3.63) is 99.9 Å². The number of thiophene rings is 1. The summed E-state index contributed by atoms with van der Waals surface area (Å²) < 4.78 is 27.6. The number of halogens is 1. The molecule has 2 aromatic carbocycles. The van der Waals surface area contributed by atoms with Gasteiger partial charge in [0.25, 0.3) is 0 Å². The molecule has 0 bridgehead atoms. The van der Waals surface area contributed by atoms with Crippen molar-refractivity contribution in [3.63, 3.8) is 0 Å². The molecule has 200 valence electrons. The van der Waals surface area contributed by atoms with E-state index in [9.17, 15) is 14.3 Å². The van der Waals surface area contributed by atoms with Crippen LogP contribution in [0, 0.1) is 17.1 Å². The lowest BCUT2D eigenvalue weighted by molar-refractivity contribution is -0.0589. The molecule has 0 unspecified atom stereocenters. The van der Waals surface area contributed by atoms with Crippen molar-refractivity contribution < 1.29 is 23.8 Å². The molecule has 8 nitrogen and oxygen atoms in total. The Morgan fingerprint density at radius 2 is 2.00 bits per heavy atom. The highest BCUT2D eigenvalue weighted by molar-refractivity contribution is 7.20. The first-order chi connectivity index (χ1) is 19.5. The Balaban J connectivity index is 1.18. The number of hydrogen-bond donors (Lipinski definition) is 1. The Morgan fingerprint density at radius 3 is 2.70 bits per heavy atom. The quantitative estimate of drug-likeness (QED) is 0.244. The van der Waals surface area contributed by atoms with Crippen LogP contribution in [0.5, 0.6) is 5.88 Å². The maximum absolute atomic E-state index is 14.2. The van der Waals surface area contributed by atoms with Crippen LogP contribution >= 0.6 is 11.3 Å². The fourth-order valence-corrected chi connectivity index (χ4v) is 5.45. The van der Waals surface area contributed by atoms with E-state index in [1.807, 2.05) is 42.5 Å². The van der Waals surface area contributed by atoms with Gasteiger partial charge in [0, 0.05) is 30.2 Å². The molecule has 0 amide bonds. The van der Waals surface area contributed by atoms with Crippen molar-refractivity contribution >= 4 is 27.7 Å². The van der Waals surface area contributed by atoms with Gasteiger partial charge in [0.2, 0.25) is 5.88 Å². The van der Waals surface area contributed by atoms with Crippen molar-refractivity contribution in [1.29, 1.82) is 5.26 Å². The largest absolute Gasteiger partial charge is 0.477 e. The molecule has 1 aliphatic heterocycles. The molecular weight excluding hydrogens is 531 g/mol. The zero-order chi connectivity index (χ0) is 27.6. The van der Waals surface area contributed by atoms with Crippen LogP contribution in [-0.4, -0.2) is 38.3 Å². The summed E-state index contributed by atoms with van der Waals surface area (Å²) in [6.07, 6.45) is 1.67. The minimum atomic E-state index is -0.948. The third-order valence-corrected chi connectivity index (χ3v) is 7.82. The highest BCUT2D eigenvalue weighted by atomic mass is 32.1. The van der Waals surface area contributed by atoms with Gasteiger partial charge < -0.3 is 19.1 Å². The number of nitrogens with zero attached hydrogens (tertiary/aromatic N) is 4. The van der Waals surface area contributed by atoms with Crippen LogP contribution in [0.3, 0.4) is 0 Å². The number of ether oxygens (including phenoxy) is 2. The van der Waals surface area contributed by atoms with Crippen LogP contribution < -0.4 is 4.74 Å². The Kier molecular flexibility index (Phi) is 6.99. The predicted octanol–water partition coefficient (Wildman–Crippen LogP) is 5.83. The number of carbonyl (C=O) groups is 1. The highest BCUT2D eigenvalue weighted by Crippen LogP contribution is 2.30. The molecule has 1 fully saturated rings. The normalized spacial score (nSPS) is 14.6. The van der Waals surface area contributed by atoms with E-state index in [4.69, 9.17) is 19.7 Å². The number of pyridine rings is 1. The van der Waals surface area contributed by atoms with Gasteiger partial charge in [0.05, 0.1) is 35.5 Å². The lowest BCUT2D eigenvalue weighted by atomic mass is 10.1. The summed E-state index contributed by atoms with van der Waals surface area (Å²) in [6.45, 7) is 1.38. The first-order valence-electron chi connectivity index (χ1n) is 12.7. The molecule has 5 aromatic rings. The van der Waals surface area contributed by atoms with Gasteiger partial charge in [0.1, 0.15) is 28.0 Å². The molecule has 0 saturated carbocycles. The third-order valence-electron chi connectivity index (χ3n) is 6.81. The van der Waals surface area contributed by atoms with E-state index in [2.05, 4.69) is 9.55 Å². The van der Waals surface area contributed by atoms with E-state index >= 15 is 0 Å². The summed E-state index contributed by atoms with van der Waals surface area (Å²) in [7, 11) is 0.